The van der Waals surface area contributed by atoms with E-state index in [4.69, 9.17) is 0 Å². The van der Waals surface area contributed by atoms with Crippen molar-refractivity contribution in [2.24, 2.45) is 0 Å². The molecule has 0 aromatic carbocycles. The topological polar surface area (TPSA) is 3.24 Å². The molecule has 0 aromatic heterocycles. The van der Waals surface area contributed by atoms with Crippen LogP contribution in [0.3, 0.4) is 0 Å². The summed E-state index contributed by atoms with van der Waals surface area (Å²) in [5, 5.41) is 0. The summed E-state index contributed by atoms with van der Waals surface area (Å²) >= 11 is 0. The second kappa shape index (κ2) is 6.57. The predicted octanol–water partition coefficient (Wildman–Crippen LogP) is 4.29. The molecule has 0 spiro atoms. The third-order valence-corrected chi connectivity index (χ3v) is 3.50. The van der Waals surface area contributed by atoms with Crippen LogP contribution < -0.4 is 0 Å². The summed E-state index contributed by atoms with van der Waals surface area (Å²) in [7, 11) is 0. The zero-order valence-corrected chi connectivity index (χ0v) is 11.1. The van der Waals surface area contributed by atoms with E-state index >= 15 is 0 Å². The highest BCUT2D eigenvalue weighted by Crippen LogP contribution is 2.28. The molecule has 1 aliphatic rings. The average Bonchev–Trinajstić information content (AvgIpc) is 2.65. The van der Waals surface area contributed by atoms with Gasteiger partial charge in [0.1, 0.15) is 0 Å². The molecule has 0 aromatic rings. The Hall–Kier alpha value is -0.980. The molecule has 0 bridgehead atoms. The van der Waals surface area contributed by atoms with Gasteiger partial charge in [0.25, 0.3) is 0 Å². The van der Waals surface area contributed by atoms with Crippen molar-refractivity contribution in [1.82, 2.24) is 4.90 Å². The second-order valence-corrected chi connectivity index (χ2v) is 4.52. The predicted molar refractivity (Wildman–Crippen MR) is 72.4 cm³/mol. The lowest BCUT2D eigenvalue weighted by atomic mass is 10.0. The molecule has 0 amide bonds. The largest absolute Gasteiger partial charge is 0.375 e. The van der Waals surface area contributed by atoms with Crippen molar-refractivity contribution in [1.29, 1.82) is 0 Å². The summed E-state index contributed by atoms with van der Waals surface area (Å²) in [6.45, 7) is 12.9. The fraction of sp³-hybridized carbons (Fsp3) is 0.600. The van der Waals surface area contributed by atoms with Crippen molar-refractivity contribution < 1.29 is 0 Å². The van der Waals surface area contributed by atoms with Crippen LogP contribution in [-0.4, -0.2) is 18.0 Å². The minimum absolute atomic E-state index is 1.09. The van der Waals surface area contributed by atoms with E-state index in [1.165, 1.54) is 43.6 Å². The van der Waals surface area contributed by atoms with Gasteiger partial charge in [-0.25, -0.2) is 0 Å². The number of hydrogen-bond acceptors (Lipinski definition) is 1. The minimum atomic E-state index is 1.09. The molecule has 1 heteroatoms. The normalized spacial score (nSPS) is 17.2. The molecule has 0 N–H and O–H groups in total. The molecule has 1 nitrogen and oxygen atoms in total. The monoisotopic (exact) mass is 219 g/mol. The molecule has 90 valence electrons. The van der Waals surface area contributed by atoms with Gasteiger partial charge in [-0.05, 0) is 44.3 Å². The lowest BCUT2D eigenvalue weighted by Gasteiger charge is -2.19. The summed E-state index contributed by atoms with van der Waals surface area (Å²) in [5.41, 5.74) is 4.46. The lowest BCUT2D eigenvalue weighted by molar-refractivity contribution is 0.368. The van der Waals surface area contributed by atoms with Gasteiger partial charge in [0.05, 0.1) is 0 Å². The molecule has 0 saturated heterocycles. The van der Waals surface area contributed by atoms with E-state index in [1.54, 1.807) is 5.57 Å². The maximum Gasteiger partial charge on any atom is 0.0213 e. The number of hydrogen-bond donors (Lipinski definition) is 0. The lowest BCUT2D eigenvalue weighted by Crippen LogP contribution is -2.19. The Labute approximate surface area is 101 Å². The van der Waals surface area contributed by atoms with Gasteiger partial charge in [-0.1, -0.05) is 32.1 Å². The minimum Gasteiger partial charge on any atom is -0.375 e. The highest BCUT2D eigenvalue weighted by atomic mass is 15.1. The van der Waals surface area contributed by atoms with Gasteiger partial charge in [-0.2, -0.15) is 0 Å². The second-order valence-electron chi connectivity index (χ2n) is 4.52. The van der Waals surface area contributed by atoms with Gasteiger partial charge >= 0.3 is 0 Å². The van der Waals surface area contributed by atoms with Crippen LogP contribution in [0.2, 0.25) is 0 Å². The van der Waals surface area contributed by atoms with Crippen molar-refractivity contribution in [3.05, 3.63) is 35.6 Å². The zero-order chi connectivity index (χ0) is 12.0. The highest BCUT2D eigenvalue weighted by molar-refractivity contribution is 5.28. The molecule has 1 rings (SSSR count). The molecule has 0 aliphatic carbocycles. The fourth-order valence-electron chi connectivity index (χ4n) is 2.23. The van der Waals surface area contributed by atoms with Gasteiger partial charge in [0, 0.05) is 18.8 Å². The van der Waals surface area contributed by atoms with Crippen LogP contribution in [0, 0.1) is 0 Å². The SMILES string of the molecule is C=C/C(=C\C)CC1=C(C)N(CCCC)CC1. The third kappa shape index (κ3) is 3.26. The van der Waals surface area contributed by atoms with Crippen LogP contribution in [0.25, 0.3) is 0 Å². The summed E-state index contributed by atoms with van der Waals surface area (Å²) in [5.74, 6) is 0. The van der Waals surface area contributed by atoms with Crippen LogP contribution in [0.15, 0.2) is 35.6 Å². The van der Waals surface area contributed by atoms with E-state index in [9.17, 15) is 0 Å². The number of nitrogens with zero attached hydrogens (tertiary/aromatic N) is 1. The van der Waals surface area contributed by atoms with Crippen molar-refractivity contribution in [2.75, 3.05) is 13.1 Å². The Balaban J connectivity index is 2.60. The van der Waals surface area contributed by atoms with Crippen LogP contribution in [0.1, 0.15) is 46.5 Å². The van der Waals surface area contributed by atoms with Crippen molar-refractivity contribution in [2.45, 2.75) is 46.5 Å². The molecule has 16 heavy (non-hydrogen) atoms. The number of allylic oxidation sites excluding steroid dienone is 4. The summed E-state index contributed by atoms with van der Waals surface area (Å²) in [6, 6.07) is 0. The van der Waals surface area contributed by atoms with Crippen molar-refractivity contribution in [3.8, 4) is 0 Å². The van der Waals surface area contributed by atoms with E-state index in [0.717, 1.165) is 6.42 Å². The standard InChI is InChI=1S/C15H25N/c1-5-8-10-16-11-9-15(13(16)4)12-14(6-2)7-3/h6-7H,2,5,8-12H2,1,3-4H3/b14-7+. The molecule has 0 atom stereocenters. The Morgan fingerprint density at radius 2 is 2.25 bits per heavy atom. The van der Waals surface area contributed by atoms with E-state index in [1.807, 2.05) is 6.08 Å². The van der Waals surface area contributed by atoms with Crippen LogP contribution in [-0.2, 0) is 0 Å². The molecule has 0 unspecified atom stereocenters. The summed E-state index contributed by atoms with van der Waals surface area (Å²) in [4.78, 5) is 2.54. The van der Waals surface area contributed by atoms with E-state index in [0.29, 0.717) is 0 Å². The van der Waals surface area contributed by atoms with Gasteiger partial charge in [0.15, 0.2) is 0 Å². The molecule has 1 aliphatic heterocycles. The van der Waals surface area contributed by atoms with Crippen molar-refractivity contribution in [3.63, 3.8) is 0 Å². The first-order valence-corrected chi connectivity index (χ1v) is 6.44. The summed E-state index contributed by atoms with van der Waals surface area (Å²) < 4.78 is 0. The first-order chi connectivity index (χ1) is 7.72. The zero-order valence-electron chi connectivity index (χ0n) is 11.1. The smallest absolute Gasteiger partial charge is 0.0213 e. The quantitative estimate of drug-likeness (QED) is 0.602. The van der Waals surface area contributed by atoms with Crippen molar-refractivity contribution >= 4 is 0 Å². The maximum absolute atomic E-state index is 3.86. The maximum atomic E-state index is 3.86. The fourth-order valence-corrected chi connectivity index (χ4v) is 2.23. The summed E-state index contributed by atoms with van der Waals surface area (Å²) in [6.07, 6.45) is 9.07. The Morgan fingerprint density at radius 3 is 2.81 bits per heavy atom. The van der Waals surface area contributed by atoms with E-state index in [-0.39, 0.29) is 0 Å². The first kappa shape index (κ1) is 13.1. The van der Waals surface area contributed by atoms with Crippen LogP contribution in [0.5, 0.6) is 0 Å². The highest BCUT2D eigenvalue weighted by Gasteiger charge is 2.18. The third-order valence-electron chi connectivity index (χ3n) is 3.50. The molecular weight excluding hydrogens is 194 g/mol. The molecule has 0 fully saturated rings. The van der Waals surface area contributed by atoms with Gasteiger partial charge < -0.3 is 4.90 Å². The number of rotatable bonds is 6. The van der Waals surface area contributed by atoms with E-state index < -0.39 is 0 Å². The average molecular weight is 219 g/mol. The van der Waals surface area contributed by atoms with Crippen LogP contribution in [0.4, 0.5) is 0 Å². The number of unbranched alkanes of at least 4 members (excludes halogenated alkanes) is 1. The van der Waals surface area contributed by atoms with E-state index in [2.05, 4.69) is 38.3 Å². The molecule has 1 heterocycles. The molecular formula is C15H25N. The molecule has 0 radical (unpaired) electrons. The van der Waals surface area contributed by atoms with Gasteiger partial charge in [0.2, 0.25) is 0 Å². The Morgan fingerprint density at radius 1 is 1.50 bits per heavy atom. The Bertz CT molecular complexity index is 297. The molecule has 0 saturated carbocycles. The first-order valence-electron chi connectivity index (χ1n) is 6.44. The van der Waals surface area contributed by atoms with Gasteiger partial charge in [-0.3, -0.25) is 0 Å². The Kier molecular flexibility index (Phi) is 5.37. The van der Waals surface area contributed by atoms with Crippen LogP contribution >= 0.6 is 0 Å². The van der Waals surface area contributed by atoms with Gasteiger partial charge in [-0.15, -0.1) is 0 Å².